The van der Waals surface area contributed by atoms with Crippen molar-refractivity contribution in [2.24, 2.45) is 0 Å². The van der Waals surface area contributed by atoms with E-state index in [0.717, 1.165) is 44.5 Å². The van der Waals surface area contributed by atoms with Crippen LogP contribution in [0.15, 0.2) is 18.2 Å². The smallest absolute Gasteiger partial charge is 0.230 e. The highest BCUT2D eigenvalue weighted by atomic mass is 16.1. The summed E-state index contributed by atoms with van der Waals surface area (Å²) in [4.78, 5) is 13.1. The lowest BCUT2D eigenvalue weighted by atomic mass is 9.77. The molecule has 2 heterocycles. The van der Waals surface area contributed by atoms with Crippen LogP contribution >= 0.6 is 0 Å². The van der Waals surface area contributed by atoms with E-state index in [2.05, 4.69) is 52.9 Å². The van der Waals surface area contributed by atoms with E-state index in [-0.39, 0.29) is 17.2 Å². The summed E-state index contributed by atoms with van der Waals surface area (Å²) in [5.41, 5.74) is 4.03. The third-order valence-corrected chi connectivity index (χ3v) is 6.30. The molecule has 1 amide bonds. The Labute approximate surface area is 160 Å². The second-order valence-electron chi connectivity index (χ2n) is 8.39. The van der Waals surface area contributed by atoms with Crippen LogP contribution in [0.25, 0.3) is 0 Å². The van der Waals surface area contributed by atoms with Crippen molar-refractivity contribution in [3.63, 3.8) is 0 Å². The van der Waals surface area contributed by atoms with Crippen LogP contribution in [-0.2, 0) is 16.8 Å². The summed E-state index contributed by atoms with van der Waals surface area (Å²) in [5, 5.41) is 15.2. The maximum atomic E-state index is 13.1. The molecule has 4 rings (SSSR count). The predicted octanol–water partition coefficient (Wildman–Crippen LogP) is 3.19. The van der Waals surface area contributed by atoms with Crippen LogP contribution in [0.3, 0.4) is 0 Å². The summed E-state index contributed by atoms with van der Waals surface area (Å²) in [7, 11) is 0. The molecule has 0 bridgehead atoms. The highest BCUT2D eigenvalue weighted by Crippen LogP contribution is 2.41. The molecule has 6 nitrogen and oxygen atoms in total. The number of nitrogens with one attached hydrogen (secondary N) is 1. The first kappa shape index (κ1) is 18.1. The van der Waals surface area contributed by atoms with Gasteiger partial charge in [0.15, 0.2) is 5.82 Å². The fourth-order valence-electron chi connectivity index (χ4n) is 4.89. The maximum Gasteiger partial charge on any atom is 0.230 e. The molecule has 1 aliphatic carbocycles. The molecule has 0 unspecified atom stereocenters. The zero-order valence-corrected chi connectivity index (χ0v) is 16.4. The minimum atomic E-state index is -0.236. The molecular weight excluding hydrogens is 338 g/mol. The largest absolute Gasteiger partial charge is 0.355 e. The molecule has 0 spiro atoms. The predicted molar refractivity (Wildman–Crippen MR) is 103 cm³/mol. The Hall–Kier alpha value is -2.24. The Balaban J connectivity index is 1.53. The van der Waals surface area contributed by atoms with Crippen molar-refractivity contribution < 1.29 is 4.79 Å². The monoisotopic (exact) mass is 367 g/mol. The molecule has 1 saturated carbocycles. The number of benzene rings is 1. The van der Waals surface area contributed by atoms with Crippen molar-refractivity contribution in [1.29, 1.82) is 0 Å². The van der Waals surface area contributed by atoms with E-state index < -0.39 is 0 Å². The van der Waals surface area contributed by atoms with Crippen molar-refractivity contribution in [2.45, 2.75) is 76.7 Å². The zero-order valence-electron chi connectivity index (χ0n) is 16.4. The van der Waals surface area contributed by atoms with Gasteiger partial charge in [-0.3, -0.25) is 4.79 Å². The molecule has 1 aliphatic heterocycles. The fourth-order valence-corrected chi connectivity index (χ4v) is 4.89. The number of fused-ring (bicyclic) bond motifs is 1. The molecule has 1 aromatic heterocycles. The van der Waals surface area contributed by atoms with E-state index in [9.17, 15) is 4.79 Å². The summed E-state index contributed by atoms with van der Waals surface area (Å²) in [6.45, 7) is 5.82. The third kappa shape index (κ3) is 3.62. The first-order chi connectivity index (χ1) is 13.1. The first-order valence-corrected chi connectivity index (χ1v) is 10.2. The lowest BCUT2D eigenvalue weighted by molar-refractivity contribution is -0.123. The van der Waals surface area contributed by atoms with Crippen LogP contribution in [0, 0.1) is 13.8 Å². The van der Waals surface area contributed by atoms with E-state index in [4.69, 9.17) is 0 Å². The summed E-state index contributed by atoms with van der Waals surface area (Å²) >= 11 is 0. The Morgan fingerprint density at radius 2 is 1.89 bits per heavy atom. The van der Waals surface area contributed by atoms with Crippen molar-refractivity contribution in [1.82, 2.24) is 25.5 Å². The van der Waals surface area contributed by atoms with Gasteiger partial charge in [0.05, 0.1) is 5.92 Å². The number of amides is 1. The van der Waals surface area contributed by atoms with Gasteiger partial charge in [0.2, 0.25) is 5.91 Å². The van der Waals surface area contributed by atoms with Crippen LogP contribution in [-0.4, -0.2) is 32.7 Å². The second kappa shape index (κ2) is 7.41. The Kier molecular flexibility index (Phi) is 4.98. The normalized spacial score (nSPS) is 21.5. The van der Waals surface area contributed by atoms with Crippen molar-refractivity contribution in [3.05, 3.63) is 40.7 Å². The molecule has 27 heavy (non-hydrogen) atoms. The Bertz CT molecular complexity index is 801. The molecular formula is C21H29N5O. The van der Waals surface area contributed by atoms with Crippen LogP contribution in [0.1, 0.15) is 73.4 Å². The number of nitrogens with zero attached hydrogens (tertiary/aromatic N) is 4. The number of carbonyl (C=O) groups is 1. The molecule has 6 heteroatoms. The lowest BCUT2D eigenvalue weighted by Gasteiger charge is -2.31. The highest BCUT2D eigenvalue weighted by Gasteiger charge is 2.37. The molecule has 0 radical (unpaired) electrons. The Morgan fingerprint density at radius 3 is 2.63 bits per heavy atom. The minimum Gasteiger partial charge on any atom is -0.355 e. The third-order valence-electron chi connectivity index (χ3n) is 6.30. The van der Waals surface area contributed by atoms with Crippen molar-refractivity contribution >= 4 is 5.91 Å². The summed E-state index contributed by atoms with van der Waals surface area (Å²) in [6, 6.07) is 6.82. The molecule has 2 aliphatic rings. The van der Waals surface area contributed by atoms with E-state index in [1.165, 1.54) is 29.5 Å². The van der Waals surface area contributed by atoms with Crippen LogP contribution in [0.5, 0.6) is 0 Å². The number of rotatable bonds is 4. The molecule has 0 saturated heterocycles. The van der Waals surface area contributed by atoms with Gasteiger partial charge < -0.3 is 5.32 Å². The molecule has 1 atom stereocenters. The van der Waals surface area contributed by atoms with Gasteiger partial charge in [-0.1, -0.05) is 48.6 Å². The van der Waals surface area contributed by atoms with Gasteiger partial charge in [-0.25, -0.2) is 4.68 Å². The molecule has 1 aromatic carbocycles. The average Bonchev–Trinajstić information content (AvgIpc) is 3.26. The van der Waals surface area contributed by atoms with Gasteiger partial charge in [0, 0.05) is 18.5 Å². The van der Waals surface area contributed by atoms with E-state index in [1.807, 2.05) is 0 Å². The van der Waals surface area contributed by atoms with Gasteiger partial charge in [-0.2, -0.15) is 0 Å². The number of carbonyl (C=O) groups excluding carboxylic acids is 1. The number of tetrazole rings is 1. The first-order valence-electron chi connectivity index (χ1n) is 10.2. The summed E-state index contributed by atoms with van der Waals surface area (Å²) < 4.78 is 1.80. The molecule has 1 N–H and O–H groups in total. The van der Waals surface area contributed by atoms with Gasteiger partial charge in [0.1, 0.15) is 0 Å². The lowest BCUT2D eigenvalue weighted by Crippen LogP contribution is -2.41. The van der Waals surface area contributed by atoms with Gasteiger partial charge in [-0.15, -0.1) is 5.10 Å². The summed E-state index contributed by atoms with van der Waals surface area (Å²) in [5.74, 6) is 0.556. The van der Waals surface area contributed by atoms with Gasteiger partial charge in [-0.05, 0) is 55.5 Å². The standard InChI is InChI=1S/C21H29N5O/c1-15-11-16(2)13-17(12-15)21(8-4-5-9-21)14-22-20(27)18-7-3-6-10-26-19(18)23-24-25-26/h11-13,18H,3-10,14H2,1-2H3,(H,22,27)/t18-/m0/s1. The minimum absolute atomic E-state index is 0.0586. The average molecular weight is 367 g/mol. The second-order valence-corrected chi connectivity index (χ2v) is 8.39. The van der Waals surface area contributed by atoms with E-state index in [1.54, 1.807) is 4.68 Å². The number of hydrogen-bond donors (Lipinski definition) is 1. The van der Waals surface area contributed by atoms with Crippen LogP contribution in [0.2, 0.25) is 0 Å². The highest BCUT2D eigenvalue weighted by molar-refractivity contribution is 5.82. The Morgan fingerprint density at radius 1 is 1.15 bits per heavy atom. The fraction of sp³-hybridized carbons (Fsp3) is 0.619. The van der Waals surface area contributed by atoms with E-state index >= 15 is 0 Å². The number of aryl methyl sites for hydroxylation is 3. The van der Waals surface area contributed by atoms with Gasteiger partial charge in [0.25, 0.3) is 0 Å². The van der Waals surface area contributed by atoms with Crippen molar-refractivity contribution in [3.8, 4) is 0 Å². The number of hydrogen-bond acceptors (Lipinski definition) is 4. The zero-order chi connectivity index (χ0) is 18.9. The van der Waals surface area contributed by atoms with Crippen LogP contribution < -0.4 is 5.32 Å². The molecule has 144 valence electrons. The summed E-state index contributed by atoms with van der Waals surface area (Å²) in [6.07, 6.45) is 7.59. The molecule has 1 fully saturated rings. The van der Waals surface area contributed by atoms with Crippen molar-refractivity contribution in [2.75, 3.05) is 6.54 Å². The number of aromatic nitrogens is 4. The molecule has 2 aromatic rings. The SMILES string of the molecule is Cc1cc(C)cc(C2(CNC(=O)[C@H]3CCCCn4nnnc43)CCCC2)c1. The maximum absolute atomic E-state index is 13.1. The van der Waals surface area contributed by atoms with E-state index in [0.29, 0.717) is 6.54 Å². The van der Waals surface area contributed by atoms with Gasteiger partial charge >= 0.3 is 0 Å². The quantitative estimate of drug-likeness (QED) is 0.901. The topological polar surface area (TPSA) is 72.7 Å². The van der Waals surface area contributed by atoms with Crippen LogP contribution in [0.4, 0.5) is 0 Å².